The van der Waals surface area contributed by atoms with Gasteiger partial charge in [-0.25, -0.2) is 0 Å². The number of hydroxylamine groups is 2. The quantitative estimate of drug-likeness (QED) is 0.500. The zero-order valence-corrected chi connectivity index (χ0v) is 9.20. The molecule has 1 N–H and O–H groups in total. The smallest absolute Gasteiger partial charge is 1.00 e. The van der Waals surface area contributed by atoms with Gasteiger partial charge in [-0.05, 0) is 4.62 Å². The van der Waals surface area contributed by atoms with Crippen molar-refractivity contribution in [2.45, 2.75) is 0 Å². The first-order valence-electron chi connectivity index (χ1n) is 2.96. The Morgan fingerprint density at radius 3 is 2.55 bits per heavy atom. The first-order valence-corrected chi connectivity index (χ1v) is 4.09. The van der Waals surface area contributed by atoms with Crippen molar-refractivity contribution >= 4 is 46.0 Å². The molecule has 1 unspecified atom stereocenters. The molecule has 0 aromatic rings. The van der Waals surface area contributed by atoms with Gasteiger partial charge in [-0.2, -0.15) is 0 Å². The van der Waals surface area contributed by atoms with E-state index in [0.717, 1.165) is 0 Å². The van der Waals surface area contributed by atoms with Crippen LogP contribution in [0.2, 0.25) is 0 Å². The Bertz CT molecular complexity index is 137. The van der Waals surface area contributed by atoms with Crippen LogP contribution in [0.25, 0.3) is 0 Å². The van der Waals surface area contributed by atoms with Crippen molar-refractivity contribution in [3.8, 4) is 0 Å². The SMILES string of the molecule is O=[P+](O)ON1CCOCC1.[Ca+2].[H-].[H-]. The summed E-state index contributed by atoms with van der Waals surface area (Å²) < 4.78 is 19.6. The van der Waals surface area contributed by atoms with Gasteiger partial charge in [0.05, 0.1) is 26.3 Å². The van der Waals surface area contributed by atoms with Gasteiger partial charge >= 0.3 is 46.0 Å². The maximum Gasteiger partial charge on any atom is 2.00 e. The van der Waals surface area contributed by atoms with Crippen LogP contribution in [0.15, 0.2) is 0 Å². The molecule has 0 bridgehead atoms. The van der Waals surface area contributed by atoms with Gasteiger partial charge in [0.25, 0.3) is 0 Å². The standard InChI is InChI=1S/C4H8NO4P.Ca.2H/c6-10(7)9-5-1-3-8-4-2-5;;;/h1-4H2;;;/q;+2;2*-1/p+1. The zero-order valence-electron chi connectivity index (χ0n) is 8.10. The summed E-state index contributed by atoms with van der Waals surface area (Å²) in [6.07, 6.45) is 0. The average Bonchev–Trinajstić information content (AvgIpc) is 1.88. The van der Waals surface area contributed by atoms with Crippen molar-refractivity contribution in [1.29, 1.82) is 0 Å². The minimum absolute atomic E-state index is 0. The van der Waals surface area contributed by atoms with Gasteiger partial charge in [0, 0.05) is 4.57 Å². The summed E-state index contributed by atoms with van der Waals surface area (Å²) in [6.45, 7) is 2.23. The van der Waals surface area contributed by atoms with Gasteiger partial charge in [-0.15, -0.1) is 9.96 Å². The van der Waals surface area contributed by atoms with E-state index in [1.807, 2.05) is 0 Å². The van der Waals surface area contributed by atoms with Crippen LogP contribution in [0.5, 0.6) is 0 Å². The average molecular weight is 208 g/mol. The van der Waals surface area contributed by atoms with Gasteiger partial charge in [0.2, 0.25) is 0 Å². The first-order chi connectivity index (χ1) is 4.79. The second-order valence-corrected chi connectivity index (χ2v) is 2.50. The van der Waals surface area contributed by atoms with E-state index < -0.39 is 8.25 Å². The molecule has 11 heavy (non-hydrogen) atoms. The Labute approximate surface area is 98.5 Å². The van der Waals surface area contributed by atoms with Gasteiger partial charge < -0.3 is 7.59 Å². The second-order valence-electron chi connectivity index (χ2n) is 1.86. The fourth-order valence-electron chi connectivity index (χ4n) is 0.727. The molecule has 0 aromatic heterocycles. The maximum absolute atomic E-state index is 10.1. The topological polar surface area (TPSA) is 59.0 Å². The molecule has 1 atom stereocenters. The molecule has 1 rings (SSSR count). The third-order valence-corrected chi connectivity index (χ3v) is 1.53. The van der Waals surface area contributed by atoms with Crippen molar-refractivity contribution in [1.82, 2.24) is 5.06 Å². The summed E-state index contributed by atoms with van der Waals surface area (Å²) in [6, 6.07) is 0. The van der Waals surface area contributed by atoms with Crippen LogP contribution in [0.4, 0.5) is 0 Å². The van der Waals surface area contributed by atoms with E-state index in [1.165, 1.54) is 5.06 Å². The summed E-state index contributed by atoms with van der Waals surface area (Å²) in [5.74, 6) is 0. The van der Waals surface area contributed by atoms with Crippen LogP contribution in [-0.2, 0) is 13.9 Å². The van der Waals surface area contributed by atoms with E-state index in [2.05, 4.69) is 4.62 Å². The Morgan fingerprint density at radius 2 is 2.09 bits per heavy atom. The summed E-state index contributed by atoms with van der Waals surface area (Å²) in [5.41, 5.74) is 0. The van der Waals surface area contributed by atoms with Crippen molar-refractivity contribution in [2.24, 2.45) is 0 Å². The monoisotopic (exact) mass is 208 g/mol. The molecule has 0 spiro atoms. The molecule has 1 aliphatic rings. The van der Waals surface area contributed by atoms with Gasteiger partial charge in [0.15, 0.2) is 0 Å². The van der Waals surface area contributed by atoms with Gasteiger partial charge in [0.1, 0.15) is 0 Å². The van der Waals surface area contributed by atoms with Crippen LogP contribution < -0.4 is 0 Å². The number of ether oxygens (including phenoxy) is 1. The van der Waals surface area contributed by atoms with E-state index in [9.17, 15) is 4.57 Å². The number of morpholine rings is 1. The number of nitrogens with zero attached hydrogens (tertiary/aromatic N) is 1. The molecular weight excluding hydrogens is 197 g/mol. The van der Waals surface area contributed by atoms with Crippen LogP contribution >= 0.6 is 8.25 Å². The van der Waals surface area contributed by atoms with Crippen LogP contribution in [0.3, 0.4) is 0 Å². The minimum atomic E-state index is -2.50. The fourth-order valence-corrected chi connectivity index (χ4v) is 1.09. The molecule has 0 aliphatic carbocycles. The zero-order chi connectivity index (χ0) is 7.40. The molecule has 1 heterocycles. The number of hydrogen-bond acceptors (Lipinski definition) is 4. The summed E-state index contributed by atoms with van der Waals surface area (Å²) in [4.78, 5) is 8.31. The van der Waals surface area contributed by atoms with Crippen LogP contribution in [0, 0.1) is 0 Å². The van der Waals surface area contributed by atoms with Crippen LogP contribution in [-0.4, -0.2) is 74.0 Å². The molecule has 7 heteroatoms. The van der Waals surface area contributed by atoms with Crippen molar-refractivity contribution < 1.29 is 21.7 Å². The van der Waals surface area contributed by atoms with Crippen LogP contribution in [0.1, 0.15) is 2.85 Å². The van der Waals surface area contributed by atoms with Crippen molar-refractivity contribution in [3.05, 3.63) is 0 Å². The Morgan fingerprint density at radius 1 is 1.55 bits per heavy atom. The molecule has 62 valence electrons. The molecule has 0 radical (unpaired) electrons. The van der Waals surface area contributed by atoms with E-state index in [0.29, 0.717) is 26.3 Å². The third-order valence-electron chi connectivity index (χ3n) is 1.16. The fraction of sp³-hybridized carbons (Fsp3) is 1.00. The van der Waals surface area contributed by atoms with E-state index in [-0.39, 0.29) is 40.6 Å². The minimum Gasteiger partial charge on any atom is -1.00 e. The molecular formula is C4H11CaNO4P+. The molecule has 0 amide bonds. The summed E-state index contributed by atoms with van der Waals surface area (Å²) >= 11 is 0. The molecule has 1 saturated heterocycles. The third kappa shape index (κ3) is 5.44. The molecule has 0 aromatic carbocycles. The molecule has 0 saturated carbocycles. The predicted molar refractivity (Wildman–Crippen MR) is 41.3 cm³/mol. The summed E-state index contributed by atoms with van der Waals surface area (Å²) in [7, 11) is -2.50. The predicted octanol–water partition coefficient (Wildman–Crippen LogP) is -0.256. The van der Waals surface area contributed by atoms with E-state index in [1.54, 1.807) is 0 Å². The van der Waals surface area contributed by atoms with Gasteiger partial charge in [-0.1, -0.05) is 0 Å². The maximum atomic E-state index is 10.1. The van der Waals surface area contributed by atoms with Gasteiger partial charge in [-0.3, -0.25) is 0 Å². The first kappa shape index (κ1) is 12.2. The Kier molecular flexibility index (Phi) is 7.42. The Hall–Kier alpha value is 1.20. The molecule has 1 aliphatic heterocycles. The van der Waals surface area contributed by atoms with Crippen molar-refractivity contribution in [2.75, 3.05) is 26.3 Å². The normalized spacial score (nSPS) is 20.6. The summed E-state index contributed by atoms with van der Waals surface area (Å²) in [5, 5.41) is 1.43. The second kappa shape index (κ2) is 6.69. The molecule has 5 nitrogen and oxygen atoms in total. The van der Waals surface area contributed by atoms with E-state index >= 15 is 0 Å². The molecule has 1 fully saturated rings. The van der Waals surface area contributed by atoms with E-state index in [4.69, 9.17) is 9.63 Å². The number of rotatable bonds is 2. The largest absolute Gasteiger partial charge is 2.00 e. The Balaban J connectivity index is -0.000000333. The number of hydrogen-bond donors (Lipinski definition) is 1. The van der Waals surface area contributed by atoms with Crippen molar-refractivity contribution in [3.63, 3.8) is 0 Å².